The molecule has 2 N–H and O–H groups in total. The van der Waals surface area contributed by atoms with Gasteiger partial charge in [-0.1, -0.05) is 27.7 Å². The smallest absolute Gasteiger partial charge is 0.302 e. The summed E-state index contributed by atoms with van der Waals surface area (Å²) < 4.78 is 12.0. The molecular formula is C24H34O6. The second kappa shape index (κ2) is 5.15. The summed E-state index contributed by atoms with van der Waals surface area (Å²) in [7, 11) is 0. The molecule has 7 rings (SSSR count). The van der Waals surface area contributed by atoms with Crippen molar-refractivity contribution in [1.29, 1.82) is 0 Å². The fourth-order valence-corrected chi connectivity index (χ4v) is 10.1. The number of aliphatic hydroxyl groups excluding tert-OH is 1. The fourth-order valence-electron chi connectivity index (χ4n) is 10.1. The molecule has 2 saturated heterocycles. The van der Waals surface area contributed by atoms with Crippen LogP contribution < -0.4 is 0 Å². The number of carbonyl (C=O) groups excluding carboxylic acids is 2. The molecule has 5 saturated carbocycles. The van der Waals surface area contributed by atoms with Gasteiger partial charge in [-0.15, -0.1) is 0 Å². The van der Waals surface area contributed by atoms with Crippen molar-refractivity contribution in [3.8, 4) is 0 Å². The van der Waals surface area contributed by atoms with Crippen LogP contribution in [0.3, 0.4) is 0 Å². The van der Waals surface area contributed by atoms with Crippen LogP contribution in [0.25, 0.3) is 0 Å². The van der Waals surface area contributed by atoms with Gasteiger partial charge in [-0.25, -0.2) is 0 Å². The van der Waals surface area contributed by atoms with Crippen molar-refractivity contribution in [2.75, 3.05) is 6.61 Å². The van der Waals surface area contributed by atoms with E-state index in [4.69, 9.17) is 9.47 Å². The third-order valence-corrected chi connectivity index (χ3v) is 11.0. The molecule has 0 aromatic heterocycles. The maximum atomic E-state index is 13.8. The van der Waals surface area contributed by atoms with E-state index in [1.165, 1.54) is 6.92 Å². The first-order valence-electron chi connectivity index (χ1n) is 11.6. The highest BCUT2D eigenvalue weighted by atomic mass is 16.6. The molecular weight excluding hydrogens is 384 g/mol. The number of ketones is 1. The van der Waals surface area contributed by atoms with Crippen LogP contribution in [0.4, 0.5) is 0 Å². The lowest BCUT2D eigenvalue weighted by Gasteiger charge is -2.85. The number of esters is 1. The number of rotatable bonds is 1. The topological polar surface area (TPSA) is 93.1 Å². The Bertz CT molecular complexity index is 864. The Hall–Kier alpha value is -0.980. The molecule has 2 spiro atoms. The number of hydrogen-bond acceptors (Lipinski definition) is 6. The minimum absolute atomic E-state index is 0.0551. The van der Waals surface area contributed by atoms with Gasteiger partial charge in [0.05, 0.1) is 12.0 Å². The maximum absolute atomic E-state index is 13.8. The van der Waals surface area contributed by atoms with Crippen molar-refractivity contribution in [3.63, 3.8) is 0 Å². The minimum Gasteiger partial charge on any atom is -0.462 e. The zero-order valence-corrected chi connectivity index (χ0v) is 18.6. The summed E-state index contributed by atoms with van der Waals surface area (Å²) in [4.78, 5) is 25.9. The van der Waals surface area contributed by atoms with Gasteiger partial charge in [-0.2, -0.15) is 0 Å². The van der Waals surface area contributed by atoms with Crippen LogP contribution in [-0.4, -0.2) is 46.6 Å². The highest BCUT2D eigenvalue weighted by Crippen LogP contribution is 2.86. The molecule has 2 aliphatic heterocycles. The maximum Gasteiger partial charge on any atom is 0.302 e. The Morgan fingerprint density at radius 2 is 1.87 bits per heavy atom. The molecule has 2 unspecified atom stereocenters. The zero-order chi connectivity index (χ0) is 21.6. The molecule has 10 atom stereocenters. The highest BCUT2D eigenvalue weighted by molar-refractivity contribution is 5.99. The quantitative estimate of drug-likeness (QED) is 0.635. The summed E-state index contributed by atoms with van der Waals surface area (Å²) in [5, 5.41) is 23.6. The van der Waals surface area contributed by atoms with Gasteiger partial charge in [0.25, 0.3) is 0 Å². The Morgan fingerprint density at radius 3 is 2.53 bits per heavy atom. The van der Waals surface area contributed by atoms with Gasteiger partial charge in [0.15, 0.2) is 0 Å². The second-order valence-electron chi connectivity index (χ2n) is 12.4. The van der Waals surface area contributed by atoms with E-state index in [0.717, 1.165) is 19.3 Å². The summed E-state index contributed by atoms with van der Waals surface area (Å²) in [6, 6.07) is 0. The van der Waals surface area contributed by atoms with Gasteiger partial charge >= 0.3 is 5.97 Å². The molecule has 5 aliphatic carbocycles. The van der Waals surface area contributed by atoms with Crippen LogP contribution in [0.1, 0.15) is 60.3 Å². The Kier molecular flexibility index (Phi) is 3.38. The first kappa shape index (κ1) is 19.7. The predicted octanol–water partition coefficient (Wildman–Crippen LogP) is 2.30. The van der Waals surface area contributed by atoms with Gasteiger partial charge in [0.2, 0.25) is 5.79 Å². The van der Waals surface area contributed by atoms with Gasteiger partial charge in [-0.3, -0.25) is 9.59 Å². The van der Waals surface area contributed by atoms with Crippen LogP contribution in [-0.2, 0) is 19.1 Å². The second-order valence-corrected chi connectivity index (χ2v) is 12.4. The van der Waals surface area contributed by atoms with Crippen molar-refractivity contribution in [3.05, 3.63) is 0 Å². The van der Waals surface area contributed by atoms with E-state index in [1.54, 1.807) is 0 Å². The van der Waals surface area contributed by atoms with Crippen molar-refractivity contribution >= 4 is 11.8 Å². The summed E-state index contributed by atoms with van der Waals surface area (Å²) in [6.07, 6.45) is 1.75. The van der Waals surface area contributed by atoms with Crippen LogP contribution in [0.15, 0.2) is 0 Å². The van der Waals surface area contributed by atoms with E-state index in [0.29, 0.717) is 12.3 Å². The highest BCUT2D eigenvalue weighted by Gasteiger charge is 2.93. The lowest BCUT2D eigenvalue weighted by Crippen LogP contribution is -2.94. The molecule has 6 heteroatoms. The van der Waals surface area contributed by atoms with E-state index >= 15 is 0 Å². The third kappa shape index (κ3) is 1.63. The number of ether oxygens (including phenoxy) is 2. The van der Waals surface area contributed by atoms with Crippen molar-refractivity contribution in [2.45, 2.75) is 78.3 Å². The SMILES string of the molecule is CC(=O)O[C@H]1CCC(C)(C)[C@H]2[C@H](O)C3(O)OC[C@@]12[C@@H]1CC[C@@H]2[C@H]4C(C(=O)[C@]413)C2(C)C. The molecule has 0 amide bonds. The first-order valence-corrected chi connectivity index (χ1v) is 11.6. The average Bonchev–Trinajstić information content (AvgIpc) is 2.63. The molecule has 7 fully saturated rings. The monoisotopic (exact) mass is 418 g/mol. The molecule has 2 bridgehead atoms. The predicted molar refractivity (Wildman–Crippen MR) is 106 cm³/mol. The summed E-state index contributed by atoms with van der Waals surface area (Å²) in [6.45, 7) is 10.3. The molecule has 2 heterocycles. The van der Waals surface area contributed by atoms with Crippen molar-refractivity contribution in [2.24, 2.45) is 51.2 Å². The van der Waals surface area contributed by atoms with E-state index in [1.807, 2.05) is 0 Å². The molecule has 7 aliphatic rings. The first-order chi connectivity index (χ1) is 13.9. The number of hydrogen-bond donors (Lipinski definition) is 2. The van der Waals surface area contributed by atoms with E-state index in [9.17, 15) is 19.8 Å². The molecule has 0 aromatic carbocycles. The van der Waals surface area contributed by atoms with Crippen molar-refractivity contribution < 1.29 is 29.3 Å². The standard InChI is InChI=1S/C24H34O6/c1-11(25)30-14-8-9-20(2,3)17-19(27)24(28)23-13(22(14,17)10-29-24)7-6-12-15(23)16(18(23)26)21(12,4)5/h12-17,19,27-28H,6-10H2,1-5H3/t12-,13+,14+,15+,16?,17-,19+,22-,23-,24?/m1/s1. The van der Waals surface area contributed by atoms with Gasteiger partial charge in [0, 0.05) is 24.2 Å². The molecule has 166 valence electrons. The molecule has 30 heavy (non-hydrogen) atoms. The van der Waals surface area contributed by atoms with Gasteiger partial charge < -0.3 is 19.7 Å². The molecule has 6 nitrogen and oxygen atoms in total. The minimum atomic E-state index is -1.84. The number of carbonyl (C=O) groups is 2. The molecule has 0 radical (unpaired) electrons. The number of Topliss-reactive ketones (excluding diaryl/α,β-unsaturated/α-hetero) is 1. The van der Waals surface area contributed by atoms with Gasteiger partial charge in [0.1, 0.15) is 18.0 Å². The molecule has 0 aromatic rings. The van der Waals surface area contributed by atoms with Crippen molar-refractivity contribution in [1.82, 2.24) is 0 Å². The number of fused-ring (bicyclic) bond motifs is 1. The van der Waals surface area contributed by atoms with Crippen LogP contribution in [0.2, 0.25) is 0 Å². The van der Waals surface area contributed by atoms with E-state index < -0.39 is 28.8 Å². The van der Waals surface area contributed by atoms with E-state index in [2.05, 4.69) is 27.7 Å². The number of aliphatic hydroxyl groups is 2. The summed E-state index contributed by atoms with van der Waals surface area (Å²) in [5.41, 5.74) is -2.01. The summed E-state index contributed by atoms with van der Waals surface area (Å²) in [5.74, 6) is -2.16. The largest absolute Gasteiger partial charge is 0.462 e. The average molecular weight is 419 g/mol. The normalized spacial score (nSPS) is 58.5. The summed E-state index contributed by atoms with van der Waals surface area (Å²) >= 11 is 0. The van der Waals surface area contributed by atoms with Crippen LogP contribution >= 0.6 is 0 Å². The Balaban J connectivity index is 1.57. The third-order valence-electron chi connectivity index (χ3n) is 11.0. The van der Waals surface area contributed by atoms with Gasteiger partial charge in [-0.05, 0) is 54.3 Å². The lowest BCUT2D eigenvalue weighted by atomic mass is 9.19. The Morgan fingerprint density at radius 1 is 1.17 bits per heavy atom. The van der Waals surface area contributed by atoms with E-state index in [-0.39, 0.29) is 52.9 Å². The Labute approximate surface area is 177 Å². The zero-order valence-electron chi connectivity index (χ0n) is 18.6. The van der Waals surface area contributed by atoms with Crippen LogP contribution in [0, 0.1) is 51.2 Å². The van der Waals surface area contributed by atoms with Crippen LogP contribution in [0.5, 0.6) is 0 Å². The lowest BCUT2D eigenvalue weighted by molar-refractivity contribution is -0.487. The fraction of sp³-hybridized carbons (Fsp3) is 0.917.